The van der Waals surface area contributed by atoms with Crippen LogP contribution >= 0.6 is 11.8 Å². The van der Waals surface area contributed by atoms with Gasteiger partial charge in [-0.05, 0) is 42.5 Å². The Labute approximate surface area is 215 Å². The predicted molar refractivity (Wildman–Crippen MR) is 143 cm³/mol. The number of hydrogen-bond acceptors (Lipinski definition) is 8. The number of nitrogens with one attached hydrogen (secondary N) is 3. The lowest BCUT2D eigenvalue weighted by molar-refractivity contribution is 0.0384. The number of thioether (sulfide) groups is 1. The van der Waals surface area contributed by atoms with Crippen molar-refractivity contribution in [3.63, 3.8) is 0 Å². The van der Waals surface area contributed by atoms with Gasteiger partial charge in [-0.3, -0.25) is 9.69 Å². The summed E-state index contributed by atoms with van der Waals surface area (Å²) >= 11 is 1.65. The van der Waals surface area contributed by atoms with E-state index in [-0.39, 0.29) is 17.7 Å². The Kier molecular flexibility index (Phi) is 9.48. The molecule has 4 rings (SSSR count). The highest BCUT2D eigenvalue weighted by Crippen LogP contribution is 2.23. The van der Waals surface area contributed by atoms with E-state index < -0.39 is 5.82 Å². The average molecular weight is 511 g/mol. The first-order chi connectivity index (χ1) is 17.6. The molecule has 1 amide bonds. The summed E-state index contributed by atoms with van der Waals surface area (Å²) in [4.78, 5) is 23.4. The number of carbonyl (C=O) groups is 1. The third kappa shape index (κ3) is 7.39. The normalized spacial score (nSPS) is 13.8. The Morgan fingerprint density at radius 3 is 2.81 bits per heavy atom. The van der Waals surface area contributed by atoms with E-state index in [4.69, 9.17) is 4.74 Å². The van der Waals surface area contributed by atoms with Crippen LogP contribution in [0.5, 0.6) is 0 Å². The Morgan fingerprint density at radius 1 is 1.14 bits per heavy atom. The molecule has 0 saturated carbocycles. The van der Waals surface area contributed by atoms with Gasteiger partial charge < -0.3 is 20.7 Å². The van der Waals surface area contributed by atoms with Crippen molar-refractivity contribution in [2.75, 3.05) is 62.0 Å². The molecule has 3 N–H and O–H groups in total. The van der Waals surface area contributed by atoms with Crippen molar-refractivity contribution < 1.29 is 13.9 Å². The van der Waals surface area contributed by atoms with Gasteiger partial charge in [-0.15, -0.1) is 0 Å². The number of aromatic nitrogens is 2. The molecule has 0 unspecified atom stereocenters. The van der Waals surface area contributed by atoms with Gasteiger partial charge in [0.25, 0.3) is 5.91 Å². The summed E-state index contributed by atoms with van der Waals surface area (Å²) in [6, 6.07) is 15.0. The summed E-state index contributed by atoms with van der Waals surface area (Å²) in [7, 11) is 0. The second kappa shape index (κ2) is 13.2. The first-order valence-corrected chi connectivity index (χ1v) is 13.3. The number of para-hydroxylation sites is 1. The van der Waals surface area contributed by atoms with Crippen LogP contribution in [0.3, 0.4) is 0 Å². The number of rotatable bonds is 11. The molecule has 1 saturated heterocycles. The second-order valence-corrected chi connectivity index (χ2v) is 9.32. The summed E-state index contributed by atoms with van der Waals surface area (Å²) in [6.45, 7) is 5.01. The Hall–Kier alpha value is -3.21. The van der Waals surface area contributed by atoms with Gasteiger partial charge >= 0.3 is 0 Å². The quantitative estimate of drug-likeness (QED) is 0.333. The molecule has 1 aliphatic heterocycles. The van der Waals surface area contributed by atoms with E-state index in [1.807, 2.05) is 18.4 Å². The van der Waals surface area contributed by atoms with Crippen LogP contribution < -0.4 is 16.0 Å². The molecule has 36 heavy (non-hydrogen) atoms. The van der Waals surface area contributed by atoms with Crippen molar-refractivity contribution in [3.8, 4) is 0 Å². The molecule has 2 heterocycles. The van der Waals surface area contributed by atoms with Crippen LogP contribution in [0.1, 0.15) is 15.9 Å². The number of anilines is 4. The molecule has 0 bridgehead atoms. The monoisotopic (exact) mass is 510 g/mol. The first-order valence-electron chi connectivity index (χ1n) is 11.9. The third-order valence-electron chi connectivity index (χ3n) is 5.76. The molecule has 3 aromatic rings. The maximum Gasteiger partial charge on any atom is 0.253 e. The molecular formula is C26H31FN6O2S. The van der Waals surface area contributed by atoms with Gasteiger partial charge in [0, 0.05) is 37.6 Å². The van der Waals surface area contributed by atoms with Gasteiger partial charge in [-0.2, -0.15) is 16.7 Å². The van der Waals surface area contributed by atoms with E-state index in [9.17, 15) is 9.18 Å². The molecule has 0 spiro atoms. The lowest BCUT2D eigenvalue weighted by Gasteiger charge is -2.26. The zero-order valence-electron chi connectivity index (χ0n) is 20.3. The van der Waals surface area contributed by atoms with Crippen molar-refractivity contribution in [1.29, 1.82) is 0 Å². The fraction of sp³-hybridized carbons (Fsp3) is 0.346. The summed E-state index contributed by atoms with van der Waals surface area (Å²) in [5, 5.41) is 9.00. The van der Waals surface area contributed by atoms with Gasteiger partial charge in [-0.1, -0.05) is 24.3 Å². The van der Waals surface area contributed by atoms with Crippen molar-refractivity contribution in [2.45, 2.75) is 6.42 Å². The zero-order chi connectivity index (χ0) is 25.2. The lowest BCUT2D eigenvalue weighted by Crippen LogP contribution is -2.37. The average Bonchev–Trinajstić information content (AvgIpc) is 2.91. The van der Waals surface area contributed by atoms with Gasteiger partial charge in [0.2, 0.25) is 5.95 Å². The van der Waals surface area contributed by atoms with Gasteiger partial charge in [0.05, 0.1) is 30.7 Å². The molecule has 8 nitrogen and oxygen atoms in total. The minimum absolute atomic E-state index is 0.0136. The van der Waals surface area contributed by atoms with Crippen LogP contribution in [-0.2, 0) is 11.2 Å². The second-order valence-electron chi connectivity index (χ2n) is 8.34. The van der Waals surface area contributed by atoms with Crippen LogP contribution in [-0.4, -0.2) is 72.2 Å². The molecule has 190 valence electrons. The molecule has 1 aromatic heterocycles. The molecule has 0 radical (unpaired) electrons. The molecule has 0 atom stereocenters. The van der Waals surface area contributed by atoms with E-state index >= 15 is 0 Å². The van der Waals surface area contributed by atoms with Crippen LogP contribution in [0.15, 0.2) is 54.7 Å². The Morgan fingerprint density at radius 2 is 1.97 bits per heavy atom. The van der Waals surface area contributed by atoms with Gasteiger partial charge in [0.1, 0.15) is 0 Å². The minimum atomic E-state index is -0.614. The van der Waals surface area contributed by atoms with Crippen molar-refractivity contribution in [2.24, 2.45) is 0 Å². The van der Waals surface area contributed by atoms with Crippen LogP contribution in [0.4, 0.5) is 27.5 Å². The zero-order valence-corrected chi connectivity index (χ0v) is 21.1. The lowest BCUT2D eigenvalue weighted by atomic mass is 10.1. The van der Waals surface area contributed by atoms with Gasteiger partial charge in [-0.25, -0.2) is 9.37 Å². The number of halogens is 1. The topological polar surface area (TPSA) is 91.4 Å². The van der Waals surface area contributed by atoms with E-state index in [1.54, 1.807) is 36.0 Å². The summed E-state index contributed by atoms with van der Waals surface area (Å²) < 4.78 is 20.0. The molecule has 10 heteroatoms. The third-order valence-corrected chi connectivity index (χ3v) is 6.38. The molecule has 1 fully saturated rings. The maximum atomic E-state index is 14.6. The number of nitrogens with zero attached hydrogens (tertiary/aromatic N) is 3. The number of morpholine rings is 1. The first kappa shape index (κ1) is 25.9. The van der Waals surface area contributed by atoms with E-state index in [1.165, 1.54) is 5.56 Å². The van der Waals surface area contributed by atoms with Crippen LogP contribution in [0.2, 0.25) is 0 Å². The van der Waals surface area contributed by atoms with Gasteiger partial charge in [0.15, 0.2) is 11.6 Å². The SMILES string of the molecule is CSCCNC(=O)c1ccccc1Nc1nc(Nc2cccc(CCN3CCOCC3)c2)ncc1F. The predicted octanol–water partition coefficient (Wildman–Crippen LogP) is 4.07. The van der Waals surface area contributed by atoms with E-state index in [0.717, 1.165) is 56.9 Å². The number of benzene rings is 2. The number of hydrogen-bond donors (Lipinski definition) is 3. The van der Waals surface area contributed by atoms with E-state index in [2.05, 4.69) is 43.0 Å². The summed E-state index contributed by atoms with van der Waals surface area (Å²) in [5.41, 5.74) is 2.89. The highest BCUT2D eigenvalue weighted by Gasteiger charge is 2.14. The molecular weight excluding hydrogens is 479 g/mol. The fourth-order valence-electron chi connectivity index (χ4n) is 3.84. The molecule has 2 aromatic carbocycles. The number of carbonyl (C=O) groups excluding carboxylic acids is 1. The fourth-order valence-corrected chi connectivity index (χ4v) is 4.15. The Bertz CT molecular complexity index is 1160. The largest absolute Gasteiger partial charge is 0.379 e. The highest BCUT2D eigenvalue weighted by atomic mass is 32.2. The van der Waals surface area contributed by atoms with Crippen LogP contribution in [0.25, 0.3) is 0 Å². The van der Waals surface area contributed by atoms with Crippen molar-refractivity contribution in [3.05, 3.63) is 71.7 Å². The van der Waals surface area contributed by atoms with Crippen LogP contribution in [0, 0.1) is 5.82 Å². The number of ether oxygens (including phenoxy) is 1. The summed E-state index contributed by atoms with van der Waals surface area (Å²) in [5.74, 6) is 0.212. The summed E-state index contributed by atoms with van der Waals surface area (Å²) in [6.07, 6.45) is 4.01. The maximum absolute atomic E-state index is 14.6. The number of amides is 1. The minimum Gasteiger partial charge on any atom is -0.379 e. The Balaban J connectivity index is 1.43. The standard InChI is InChI=1S/C26H31FN6O2S/c1-36-16-10-28-25(34)21-7-2-3-8-23(21)31-24-22(27)18-29-26(32-24)30-20-6-4-5-19(17-20)9-11-33-12-14-35-15-13-33/h2-8,17-18H,9-16H2,1H3,(H,28,34)(H2,29,30,31,32). The van der Waals surface area contributed by atoms with E-state index in [0.29, 0.717) is 17.8 Å². The smallest absolute Gasteiger partial charge is 0.253 e. The van der Waals surface area contributed by atoms with Crippen molar-refractivity contribution in [1.82, 2.24) is 20.2 Å². The molecule has 1 aliphatic rings. The highest BCUT2D eigenvalue weighted by molar-refractivity contribution is 7.98. The van der Waals surface area contributed by atoms with Crippen molar-refractivity contribution >= 4 is 40.8 Å². The molecule has 0 aliphatic carbocycles.